The summed E-state index contributed by atoms with van der Waals surface area (Å²) >= 11 is 1.61. The minimum absolute atomic E-state index is 0.260. The number of nitrogens with zero attached hydrogens (tertiary/aromatic N) is 5. The smallest absolute Gasteiger partial charge is 0.261 e. The predicted molar refractivity (Wildman–Crippen MR) is 87.5 cm³/mol. The standard InChI is InChI=1S/C15H12N6OS/c1-20-9-10(7-17-20)19-15(22)11-8-18-21-12(4-5-16-14(11)21)13-3-2-6-23-13/h2-9H,1H3,(H,19,22). The van der Waals surface area contributed by atoms with Crippen molar-refractivity contribution in [1.82, 2.24) is 24.4 Å². The molecule has 1 N–H and O–H groups in total. The number of carbonyl (C=O) groups excluding carboxylic acids is 1. The van der Waals surface area contributed by atoms with E-state index < -0.39 is 0 Å². The number of hydrogen-bond donors (Lipinski definition) is 1. The summed E-state index contributed by atoms with van der Waals surface area (Å²) < 4.78 is 3.31. The monoisotopic (exact) mass is 324 g/mol. The maximum absolute atomic E-state index is 12.5. The van der Waals surface area contributed by atoms with Gasteiger partial charge in [0.2, 0.25) is 0 Å². The van der Waals surface area contributed by atoms with Gasteiger partial charge in [0.1, 0.15) is 5.56 Å². The molecule has 0 aliphatic carbocycles. The van der Waals surface area contributed by atoms with Crippen LogP contribution >= 0.6 is 11.3 Å². The van der Waals surface area contributed by atoms with Gasteiger partial charge >= 0.3 is 0 Å². The number of carbonyl (C=O) groups is 1. The molecule has 0 atom stereocenters. The second-order valence-electron chi connectivity index (χ2n) is 4.96. The van der Waals surface area contributed by atoms with Gasteiger partial charge in [-0.2, -0.15) is 10.2 Å². The Kier molecular flexibility index (Phi) is 3.16. The summed E-state index contributed by atoms with van der Waals surface area (Å²) in [5, 5.41) is 13.1. The van der Waals surface area contributed by atoms with E-state index in [1.807, 2.05) is 23.6 Å². The molecule has 0 aliphatic rings. The van der Waals surface area contributed by atoms with E-state index in [1.165, 1.54) is 6.20 Å². The van der Waals surface area contributed by atoms with Crippen molar-refractivity contribution in [2.24, 2.45) is 7.05 Å². The van der Waals surface area contributed by atoms with Crippen LogP contribution < -0.4 is 5.32 Å². The van der Waals surface area contributed by atoms with E-state index in [2.05, 4.69) is 20.5 Å². The van der Waals surface area contributed by atoms with Gasteiger partial charge in [0.05, 0.1) is 28.7 Å². The average molecular weight is 324 g/mol. The van der Waals surface area contributed by atoms with Gasteiger partial charge in [-0.15, -0.1) is 11.3 Å². The lowest BCUT2D eigenvalue weighted by Gasteiger charge is -2.03. The molecule has 4 aromatic heterocycles. The van der Waals surface area contributed by atoms with E-state index in [-0.39, 0.29) is 5.91 Å². The van der Waals surface area contributed by atoms with Crippen molar-refractivity contribution in [2.75, 3.05) is 5.32 Å². The number of aromatic nitrogens is 5. The largest absolute Gasteiger partial charge is 0.319 e. The van der Waals surface area contributed by atoms with E-state index in [1.54, 1.807) is 46.2 Å². The fourth-order valence-corrected chi connectivity index (χ4v) is 3.08. The Balaban J connectivity index is 1.74. The molecule has 0 saturated heterocycles. The number of fused-ring (bicyclic) bond motifs is 1. The molecule has 0 spiro atoms. The number of amides is 1. The zero-order valence-corrected chi connectivity index (χ0v) is 13.0. The summed E-state index contributed by atoms with van der Waals surface area (Å²) in [6.45, 7) is 0. The zero-order chi connectivity index (χ0) is 15.8. The Labute approximate surface area is 135 Å². The molecule has 4 aromatic rings. The number of hydrogen-bond acceptors (Lipinski definition) is 5. The van der Waals surface area contributed by atoms with Crippen molar-refractivity contribution in [2.45, 2.75) is 0 Å². The molecule has 4 heterocycles. The molecule has 23 heavy (non-hydrogen) atoms. The summed E-state index contributed by atoms with van der Waals surface area (Å²) in [7, 11) is 1.79. The first-order valence-corrected chi connectivity index (χ1v) is 7.77. The molecule has 7 nitrogen and oxygen atoms in total. The second kappa shape index (κ2) is 5.33. The van der Waals surface area contributed by atoms with Gasteiger partial charge in [0.15, 0.2) is 5.65 Å². The van der Waals surface area contributed by atoms with Crippen LogP contribution in [-0.4, -0.2) is 30.3 Å². The lowest BCUT2D eigenvalue weighted by atomic mass is 10.3. The SMILES string of the molecule is Cn1cc(NC(=O)c2cnn3c(-c4cccs4)ccnc23)cn1. The molecule has 0 saturated carbocycles. The van der Waals surface area contributed by atoms with Crippen LogP contribution in [0.4, 0.5) is 5.69 Å². The molecule has 0 fully saturated rings. The van der Waals surface area contributed by atoms with Gasteiger partial charge in [0, 0.05) is 19.4 Å². The molecule has 4 rings (SSSR count). The average Bonchev–Trinajstić information content (AvgIpc) is 3.26. The van der Waals surface area contributed by atoms with Gasteiger partial charge < -0.3 is 5.32 Å². The highest BCUT2D eigenvalue weighted by Gasteiger charge is 2.17. The molecular weight excluding hydrogens is 312 g/mol. The maximum Gasteiger partial charge on any atom is 0.261 e. The normalized spacial score (nSPS) is 11.0. The first-order valence-electron chi connectivity index (χ1n) is 6.89. The highest BCUT2D eigenvalue weighted by molar-refractivity contribution is 7.13. The fourth-order valence-electron chi connectivity index (χ4n) is 2.35. The molecular formula is C15H12N6OS. The third-order valence-electron chi connectivity index (χ3n) is 3.38. The minimum Gasteiger partial charge on any atom is -0.319 e. The fraction of sp³-hybridized carbons (Fsp3) is 0.0667. The van der Waals surface area contributed by atoms with Crippen LogP contribution in [0.2, 0.25) is 0 Å². The number of nitrogens with one attached hydrogen (secondary N) is 1. The lowest BCUT2D eigenvalue weighted by molar-refractivity contribution is 0.102. The second-order valence-corrected chi connectivity index (χ2v) is 5.91. The van der Waals surface area contributed by atoms with Gasteiger partial charge in [-0.05, 0) is 17.5 Å². The van der Waals surface area contributed by atoms with Crippen molar-refractivity contribution >= 4 is 28.6 Å². The van der Waals surface area contributed by atoms with Crippen molar-refractivity contribution < 1.29 is 4.79 Å². The first kappa shape index (κ1) is 13.6. The first-order chi connectivity index (χ1) is 11.2. The number of thiophene rings is 1. The van der Waals surface area contributed by atoms with E-state index >= 15 is 0 Å². The van der Waals surface area contributed by atoms with Crippen molar-refractivity contribution in [3.05, 3.63) is 53.9 Å². The van der Waals surface area contributed by atoms with E-state index in [4.69, 9.17) is 0 Å². The van der Waals surface area contributed by atoms with Gasteiger partial charge in [0.25, 0.3) is 5.91 Å². The Bertz CT molecular complexity index is 985. The lowest BCUT2D eigenvalue weighted by Crippen LogP contribution is -2.11. The summed E-state index contributed by atoms with van der Waals surface area (Å²) in [6, 6.07) is 5.87. The quantitative estimate of drug-likeness (QED) is 0.628. The third kappa shape index (κ3) is 2.38. The number of aryl methyl sites for hydroxylation is 1. The summed E-state index contributed by atoms with van der Waals surface area (Å²) in [5.74, 6) is -0.260. The van der Waals surface area contributed by atoms with Crippen LogP contribution in [0.3, 0.4) is 0 Å². The maximum atomic E-state index is 12.5. The molecule has 0 bridgehead atoms. The summed E-state index contributed by atoms with van der Waals surface area (Å²) in [4.78, 5) is 17.8. The number of rotatable bonds is 3. The van der Waals surface area contributed by atoms with Crippen LogP contribution in [-0.2, 0) is 7.05 Å². The van der Waals surface area contributed by atoms with Gasteiger partial charge in [-0.3, -0.25) is 9.48 Å². The Morgan fingerprint density at radius 3 is 2.91 bits per heavy atom. The van der Waals surface area contributed by atoms with Crippen LogP contribution in [0.1, 0.15) is 10.4 Å². The minimum atomic E-state index is -0.260. The Morgan fingerprint density at radius 2 is 2.17 bits per heavy atom. The predicted octanol–water partition coefficient (Wildman–Crippen LogP) is 2.44. The van der Waals surface area contributed by atoms with Gasteiger partial charge in [-0.25, -0.2) is 9.50 Å². The highest BCUT2D eigenvalue weighted by Crippen LogP contribution is 2.25. The molecule has 1 amide bonds. The zero-order valence-electron chi connectivity index (χ0n) is 12.2. The molecule has 0 unspecified atom stereocenters. The van der Waals surface area contributed by atoms with Crippen molar-refractivity contribution in [3.63, 3.8) is 0 Å². The van der Waals surface area contributed by atoms with E-state index in [0.29, 0.717) is 16.9 Å². The van der Waals surface area contributed by atoms with Crippen molar-refractivity contribution in [1.29, 1.82) is 0 Å². The van der Waals surface area contributed by atoms with Crippen LogP contribution in [0.25, 0.3) is 16.2 Å². The number of anilines is 1. The molecule has 8 heteroatoms. The third-order valence-corrected chi connectivity index (χ3v) is 4.27. The summed E-state index contributed by atoms with van der Waals surface area (Å²) in [5.41, 5.74) is 2.49. The molecule has 114 valence electrons. The Morgan fingerprint density at radius 1 is 1.26 bits per heavy atom. The van der Waals surface area contributed by atoms with Crippen LogP contribution in [0, 0.1) is 0 Å². The van der Waals surface area contributed by atoms with Crippen LogP contribution in [0.15, 0.2) is 48.4 Å². The Hall–Kier alpha value is -3.00. The summed E-state index contributed by atoms with van der Waals surface area (Å²) in [6.07, 6.45) is 6.54. The van der Waals surface area contributed by atoms with E-state index in [9.17, 15) is 4.79 Å². The highest BCUT2D eigenvalue weighted by atomic mass is 32.1. The topological polar surface area (TPSA) is 77.1 Å². The van der Waals surface area contributed by atoms with E-state index in [0.717, 1.165) is 10.6 Å². The molecule has 0 radical (unpaired) electrons. The molecule has 0 aromatic carbocycles. The van der Waals surface area contributed by atoms with Gasteiger partial charge in [-0.1, -0.05) is 6.07 Å². The van der Waals surface area contributed by atoms with Crippen LogP contribution in [0.5, 0.6) is 0 Å². The molecule has 0 aliphatic heterocycles. The van der Waals surface area contributed by atoms with Crippen molar-refractivity contribution in [3.8, 4) is 10.6 Å².